The zero-order valence-electron chi connectivity index (χ0n) is 7.75. The van der Waals surface area contributed by atoms with Crippen molar-refractivity contribution in [3.63, 3.8) is 0 Å². The van der Waals surface area contributed by atoms with Crippen LogP contribution in [0.2, 0.25) is 0 Å². The molecule has 13 heavy (non-hydrogen) atoms. The van der Waals surface area contributed by atoms with E-state index in [2.05, 4.69) is 10.1 Å². The quantitative estimate of drug-likeness (QED) is 0.524. The van der Waals surface area contributed by atoms with E-state index in [0.717, 1.165) is 0 Å². The molecule has 0 unspecified atom stereocenters. The number of hydrogen-bond donors (Lipinski definition) is 1. The van der Waals surface area contributed by atoms with Crippen LogP contribution < -0.4 is 5.32 Å². The van der Waals surface area contributed by atoms with E-state index in [1.54, 1.807) is 6.92 Å². The van der Waals surface area contributed by atoms with Crippen LogP contribution in [0.3, 0.4) is 0 Å². The number of carbonyl (C=O) groups excluding carboxylic acids is 2. The number of ether oxygens (including phenoxy) is 2. The lowest BCUT2D eigenvalue weighted by atomic mass is 10.5. The van der Waals surface area contributed by atoms with Gasteiger partial charge in [0.2, 0.25) is 5.91 Å². The largest absolute Gasteiger partial charge is 0.510 e. The molecule has 5 nitrogen and oxygen atoms in total. The second-order valence-electron chi connectivity index (χ2n) is 2.96. The molecule has 5 heteroatoms. The van der Waals surface area contributed by atoms with Gasteiger partial charge in [0.15, 0.2) is 5.72 Å². The standard InChI is InChI=1S/C8H13NO4/c1-3-12-7(11)13-8(4-5-8)9-6(2)10/h3-5H2,1-2H3,(H,9,10). The van der Waals surface area contributed by atoms with Gasteiger partial charge in [0.25, 0.3) is 0 Å². The van der Waals surface area contributed by atoms with E-state index in [4.69, 9.17) is 4.74 Å². The Labute approximate surface area is 76.4 Å². The summed E-state index contributed by atoms with van der Waals surface area (Å²) in [6.45, 7) is 3.35. The van der Waals surface area contributed by atoms with Crippen molar-refractivity contribution in [3.8, 4) is 0 Å². The van der Waals surface area contributed by atoms with Gasteiger partial charge in [0.1, 0.15) is 0 Å². The van der Waals surface area contributed by atoms with Gasteiger partial charge in [0.05, 0.1) is 6.61 Å². The van der Waals surface area contributed by atoms with Gasteiger partial charge in [-0.25, -0.2) is 4.79 Å². The molecule has 0 aliphatic heterocycles. The number of rotatable bonds is 3. The lowest BCUT2D eigenvalue weighted by molar-refractivity contribution is -0.123. The molecular formula is C8H13NO4. The van der Waals surface area contributed by atoms with E-state index in [-0.39, 0.29) is 12.5 Å². The number of carbonyl (C=O) groups is 2. The minimum atomic E-state index is -0.780. The summed E-state index contributed by atoms with van der Waals surface area (Å²) in [4.78, 5) is 21.6. The Kier molecular flexibility index (Phi) is 2.75. The fourth-order valence-corrected chi connectivity index (χ4v) is 0.994. The molecule has 0 heterocycles. The van der Waals surface area contributed by atoms with Crippen LogP contribution in [0.25, 0.3) is 0 Å². The summed E-state index contributed by atoms with van der Waals surface area (Å²) < 4.78 is 9.49. The first-order valence-electron chi connectivity index (χ1n) is 4.22. The van der Waals surface area contributed by atoms with Gasteiger partial charge in [-0.3, -0.25) is 4.79 Å². The van der Waals surface area contributed by atoms with Gasteiger partial charge >= 0.3 is 6.16 Å². The summed E-state index contributed by atoms with van der Waals surface area (Å²) in [5.74, 6) is -0.207. The van der Waals surface area contributed by atoms with Crippen molar-refractivity contribution in [3.05, 3.63) is 0 Å². The Morgan fingerprint density at radius 3 is 2.46 bits per heavy atom. The van der Waals surface area contributed by atoms with Crippen molar-refractivity contribution in [2.75, 3.05) is 6.61 Å². The molecular weight excluding hydrogens is 174 g/mol. The van der Waals surface area contributed by atoms with Gasteiger partial charge in [-0.15, -0.1) is 0 Å². The molecule has 0 aromatic rings. The summed E-state index contributed by atoms with van der Waals surface area (Å²) in [5, 5.41) is 2.56. The number of hydrogen-bond acceptors (Lipinski definition) is 4. The molecule has 0 spiro atoms. The van der Waals surface area contributed by atoms with E-state index in [1.807, 2.05) is 0 Å². The average Bonchev–Trinajstić information content (AvgIpc) is 2.67. The molecule has 1 fully saturated rings. The van der Waals surface area contributed by atoms with Crippen LogP contribution in [-0.2, 0) is 14.3 Å². The lowest BCUT2D eigenvalue weighted by Crippen LogP contribution is -2.39. The summed E-state index contributed by atoms with van der Waals surface area (Å²) in [5.41, 5.74) is -0.780. The first kappa shape index (κ1) is 9.83. The van der Waals surface area contributed by atoms with Gasteiger partial charge < -0.3 is 14.8 Å². The highest BCUT2D eigenvalue weighted by Gasteiger charge is 2.48. The first-order valence-corrected chi connectivity index (χ1v) is 4.22. The Morgan fingerprint density at radius 1 is 1.46 bits per heavy atom. The van der Waals surface area contributed by atoms with Crippen molar-refractivity contribution in [1.82, 2.24) is 5.32 Å². The molecule has 74 valence electrons. The summed E-state index contributed by atoms with van der Waals surface area (Å²) in [6.07, 6.45) is 0.588. The molecule has 1 aliphatic carbocycles. The van der Waals surface area contributed by atoms with Crippen molar-refractivity contribution < 1.29 is 19.1 Å². The molecule has 0 aromatic heterocycles. The van der Waals surface area contributed by atoms with Gasteiger partial charge in [-0.05, 0) is 6.92 Å². The van der Waals surface area contributed by atoms with Crippen LogP contribution in [0.1, 0.15) is 26.7 Å². The maximum atomic E-state index is 10.9. The van der Waals surface area contributed by atoms with Crippen LogP contribution in [0.5, 0.6) is 0 Å². The molecule has 0 bridgehead atoms. The van der Waals surface area contributed by atoms with E-state index >= 15 is 0 Å². The highest BCUT2D eigenvalue weighted by atomic mass is 16.7. The van der Waals surface area contributed by atoms with Crippen LogP contribution in [0, 0.1) is 0 Å². The topological polar surface area (TPSA) is 64.6 Å². The third kappa shape index (κ3) is 2.93. The SMILES string of the molecule is CCOC(=O)OC1(NC(C)=O)CC1. The van der Waals surface area contributed by atoms with E-state index < -0.39 is 11.9 Å². The molecule has 0 radical (unpaired) electrons. The predicted octanol–water partition coefficient (Wildman–Crippen LogP) is 0.786. The van der Waals surface area contributed by atoms with E-state index in [0.29, 0.717) is 12.8 Å². The van der Waals surface area contributed by atoms with Crippen molar-refractivity contribution in [2.24, 2.45) is 0 Å². The maximum Gasteiger partial charge on any atom is 0.510 e. The second-order valence-corrected chi connectivity index (χ2v) is 2.96. The smallest absolute Gasteiger partial charge is 0.435 e. The highest BCUT2D eigenvalue weighted by Crippen LogP contribution is 2.36. The molecule has 0 saturated heterocycles. The van der Waals surface area contributed by atoms with Crippen molar-refractivity contribution >= 4 is 12.1 Å². The van der Waals surface area contributed by atoms with Crippen LogP contribution in [0.15, 0.2) is 0 Å². The van der Waals surface area contributed by atoms with Crippen molar-refractivity contribution in [2.45, 2.75) is 32.4 Å². The molecule has 1 aliphatic rings. The monoisotopic (exact) mass is 187 g/mol. The summed E-state index contributed by atoms with van der Waals surface area (Å²) >= 11 is 0. The number of nitrogens with one attached hydrogen (secondary N) is 1. The van der Waals surface area contributed by atoms with Crippen LogP contribution in [0.4, 0.5) is 4.79 Å². The molecule has 1 rings (SSSR count). The zero-order chi connectivity index (χ0) is 9.90. The highest BCUT2D eigenvalue weighted by molar-refractivity contribution is 5.74. The Hall–Kier alpha value is -1.26. The average molecular weight is 187 g/mol. The van der Waals surface area contributed by atoms with Crippen molar-refractivity contribution in [1.29, 1.82) is 0 Å². The van der Waals surface area contributed by atoms with Gasteiger partial charge in [-0.1, -0.05) is 0 Å². The zero-order valence-corrected chi connectivity index (χ0v) is 7.75. The van der Waals surface area contributed by atoms with Gasteiger partial charge in [0, 0.05) is 19.8 Å². The Morgan fingerprint density at radius 2 is 2.08 bits per heavy atom. The van der Waals surface area contributed by atoms with Crippen LogP contribution in [-0.4, -0.2) is 24.4 Å². The lowest BCUT2D eigenvalue weighted by Gasteiger charge is -2.16. The third-order valence-corrected chi connectivity index (χ3v) is 1.65. The predicted molar refractivity (Wildman–Crippen MR) is 43.9 cm³/mol. The normalized spacial score (nSPS) is 17.4. The van der Waals surface area contributed by atoms with Crippen LogP contribution >= 0.6 is 0 Å². The summed E-state index contributed by atoms with van der Waals surface area (Å²) in [6, 6.07) is 0. The van der Waals surface area contributed by atoms with Gasteiger partial charge in [-0.2, -0.15) is 0 Å². The molecule has 0 atom stereocenters. The Balaban J connectivity index is 2.34. The van der Waals surface area contributed by atoms with E-state index in [9.17, 15) is 9.59 Å². The Bertz CT molecular complexity index is 222. The fraction of sp³-hybridized carbons (Fsp3) is 0.750. The fourth-order valence-electron chi connectivity index (χ4n) is 0.994. The second kappa shape index (κ2) is 3.64. The first-order chi connectivity index (χ1) is 6.08. The molecule has 1 saturated carbocycles. The third-order valence-electron chi connectivity index (χ3n) is 1.65. The molecule has 0 aromatic carbocycles. The molecule has 1 amide bonds. The minimum Gasteiger partial charge on any atom is -0.435 e. The summed E-state index contributed by atoms with van der Waals surface area (Å²) in [7, 11) is 0. The maximum absolute atomic E-state index is 10.9. The minimum absolute atomic E-state index is 0.207. The number of amides is 1. The molecule has 1 N–H and O–H groups in total. The van der Waals surface area contributed by atoms with E-state index in [1.165, 1.54) is 6.92 Å².